The van der Waals surface area contributed by atoms with Crippen LogP contribution in [0.2, 0.25) is 0 Å². The normalized spacial score (nSPS) is 21.8. The zero-order valence-corrected chi connectivity index (χ0v) is 9.44. The quantitative estimate of drug-likeness (QED) is 0.638. The summed E-state index contributed by atoms with van der Waals surface area (Å²) in [4.78, 5) is 11.6. The Bertz CT molecular complexity index is 192. The number of carbonyl (C=O) groups is 1. The third-order valence-electron chi connectivity index (χ3n) is 3.18. The summed E-state index contributed by atoms with van der Waals surface area (Å²) in [6, 6.07) is 0. The van der Waals surface area contributed by atoms with Crippen molar-refractivity contribution in [3.8, 4) is 0 Å². The van der Waals surface area contributed by atoms with Crippen LogP contribution in [0.1, 0.15) is 59.8 Å². The summed E-state index contributed by atoms with van der Waals surface area (Å²) in [5.74, 6) is 0.417. The van der Waals surface area contributed by atoms with Gasteiger partial charge in [0.2, 0.25) is 0 Å². The monoisotopic (exact) mass is 182 g/mol. The molecular formula is C12H22O. The molecule has 1 heteroatoms. The van der Waals surface area contributed by atoms with Crippen LogP contribution in [0, 0.1) is 10.8 Å². The maximum Gasteiger partial charge on any atom is 0.135 e. The van der Waals surface area contributed by atoms with Gasteiger partial charge in [0, 0.05) is 5.41 Å². The highest BCUT2D eigenvalue weighted by Crippen LogP contribution is 2.46. The topological polar surface area (TPSA) is 17.1 Å². The van der Waals surface area contributed by atoms with Crippen molar-refractivity contribution < 1.29 is 4.79 Å². The van der Waals surface area contributed by atoms with Gasteiger partial charge in [0.25, 0.3) is 0 Å². The molecule has 0 spiro atoms. The van der Waals surface area contributed by atoms with Crippen molar-refractivity contribution in [2.75, 3.05) is 0 Å². The zero-order chi connectivity index (χ0) is 10.1. The zero-order valence-electron chi connectivity index (χ0n) is 9.44. The first-order chi connectivity index (χ1) is 5.86. The van der Waals surface area contributed by atoms with E-state index < -0.39 is 0 Å². The average Bonchev–Trinajstić information content (AvgIpc) is 2.33. The minimum atomic E-state index is 0.0399. The van der Waals surface area contributed by atoms with Crippen LogP contribution in [0.5, 0.6) is 0 Å². The second-order valence-corrected chi connectivity index (χ2v) is 5.78. The van der Waals surface area contributed by atoms with Crippen molar-refractivity contribution in [2.45, 2.75) is 59.8 Å². The Labute approximate surface area is 81.9 Å². The summed E-state index contributed by atoms with van der Waals surface area (Å²) >= 11 is 0. The van der Waals surface area contributed by atoms with Gasteiger partial charge in [-0.2, -0.15) is 0 Å². The predicted molar refractivity (Wildman–Crippen MR) is 55.7 cm³/mol. The van der Waals surface area contributed by atoms with E-state index in [-0.39, 0.29) is 10.8 Å². The van der Waals surface area contributed by atoms with E-state index in [4.69, 9.17) is 0 Å². The summed E-state index contributed by atoms with van der Waals surface area (Å²) in [5.41, 5.74) is 0.328. The van der Waals surface area contributed by atoms with E-state index in [0.29, 0.717) is 5.78 Å². The van der Waals surface area contributed by atoms with Gasteiger partial charge in [0.05, 0.1) is 0 Å². The molecule has 0 bridgehead atoms. The van der Waals surface area contributed by atoms with Gasteiger partial charge in [-0.25, -0.2) is 0 Å². The van der Waals surface area contributed by atoms with Crippen LogP contribution in [-0.4, -0.2) is 5.78 Å². The fourth-order valence-electron chi connectivity index (χ4n) is 2.72. The lowest BCUT2D eigenvalue weighted by Crippen LogP contribution is -2.30. The van der Waals surface area contributed by atoms with Crippen LogP contribution in [0.15, 0.2) is 0 Å². The van der Waals surface area contributed by atoms with Gasteiger partial charge in [-0.05, 0) is 31.6 Å². The van der Waals surface area contributed by atoms with Gasteiger partial charge in [0.15, 0.2) is 0 Å². The second-order valence-electron chi connectivity index (χ2n) is 5.78. The Kier molecular flexibility index (Phi) is 2.84. The molecule has 0 aromatic rings. The van der Waals surface area contributed by atoms with Crippen LogP contribution in [0.4, 0.5) is 0 Å². The molecule has 13 heavy (non-hydrogen) atoms. The molecule has 1 saturated carbocycles. The number of ketones is 1. The third-order valence-corrected chi connectivity index (χ3v) is 3.18. The Balaban J connectivity index is 2.74. The van der Waals surface area contributed by atoms with Crippen molar-refractivity contribution in [3.63, 3.8) is 0 Å². The van der Waals surface area contributed by atoms with Crippen LogP contribution in [0.3, 0.4) is 0 Å². The predicted octanol–water partition coefficient (Wildman–Crippen LogP) is 3.57. The molecule has 0 amide bonds. The molecule has 0 unspecified atom stereocenters. The first kappa shape index (κ1) is 10.7. The molecule has 76 valence electrons. The summed E-state index contributed by atoms with van der Waals surface area (Å²) in [6.45, 7) is 8.47. The van der Waals surface area contributed by atoms with E-state index in [0.717, 1.165) is 19.3 Å². The first-order valence-corrected chi connectivity index (χ1v) is 5.37. The van der Waals surface area contributed by atoms with E-state index >= 15 is 0 Å². The molecule has 0 radical (unpaired) electrons. The lowest BCUT2D eigenvalue weighted by Gasteiger charge is -2.33. The molecule has 1 fully saturated rings. The average molecular weight is 182 g/mol. The fraction of sp³-hybridized carbons (Fsp3) is 0.917. The standard InChI is InChI=1S/C12H22O/c1-10(13)12(7-5-6-8-12)9-11(2,3)4/h5-9H2,1-4H3. The van der Waals surface area contributed by atoms with Gasteiger partial charge in [-0.1, -0.05) is 33.6 Å². The van der Waals surface area contributed by atoms with Crippen LogP contribution in [0.25, 0.3) is 0 Å². The summed E-state index contributed by atoms with van der Waals surface area (Å²) in [7, 11) is 0. The maximum absolute atomic E-state index is 11.6. The molecule has 1 nitrogen and oxygen atoms in total. The number of rotatable bonds is 2. The van der Waals surface area contributed by atoms with Gasteiger partial charge in [-0.3, -0.25) is 4.79 Å². The Morgan fingerprint density at radius 1 is 1.23 bits per heavy atom. The first-order valence-electron chi connectivity index (χ1n) is 5.37. The van der Waals surface area contributed by atoms with Crippen molar-refractivity contribution in [3.05, 3.63) is 0 Å². The summed E-state index contributed by atoms with van der Waals surface area (Å²) < 4.78 is 0. The summed E-state index contributed by atoms with van der Waals surface area (Å²) in [6.07, 6.45) is 5.81. The molecule has 0 atom stereocenters. The largest absolute Gasteiger partial charge is 0.299 e. The number of hydrogen-bond acceptors (Lipinski definition) is 1. The second kappa shape index (κ2) is 3.43. The van der Waals surface area contributed by atoms with Gasteiger partial charge in [0.1, 0.15) is 5.78 Å². The van der Waals surface area contributed by atoms with E-state index in [1.807, 2.05) is 0 Å². The Morgan fingerprint density at radius 2 is 1.69 bits per heavy atom. The van der Waals surface area contributed by atoms with Gasteiger partial charge in [-0.15, -0.1) is 0 Å². The van der Waals surface area contributed by atoms with Gasteiger partial charge >= 0.3 is 0 Å². The van der Waals surface area contributed by atoms with E-state index in [9.17, 15) is 4.79 Å². The summed E-state index contributed by atoms with van der Waals surface area (Å²) in [5, 5.41) is 0. The van der Waals surface area contributed by atoms with Crippen molar-refractivity contribution in [2.24, 2.45) is 10.8 Å². The molecule has 0 N–H and O–H groups in total. The van der Waals surface area contributed by atoms with E-state index in [1.165, 1.54) is 12.8 Å². The molecular weight excluding hydrogens is 160 g/mol. The molecule has 1 aliphatic rings. The van der Waals surface area contributed by atoms with E-state index in [2.05, 4.69) is 20.8 Å². The number of hydrogen-bond donors (Lipinski definition) is 0. The van der Waals surface area contributed by atoms with Crippen LogP contribution in [-0.2, 0) is 4.79 Å². The third kappa shape index (κ3) is 2.55. The molecule has 0 aromatic carbocycles. The number of carbonyl (C=O) groups excluding carboxylic acids is 1. The minimum absolute atomic E-state index is 0.0399. The van der Waals surface area contributed by atoms with Crippen molar-refractivity contribution >= 4 is 5.78 Å². The maximum atomic E-state index is 11.6. The van der Waals surface area contributed by atoms with Crippen LogP contribution >= 0.6 is 0 Å². The lowest BCUT2D eigenvalue weighted by molar-refractivity contribution is -0.128. The van der Waals surface area contributed by atoms with Gasteiger partial charge < -0.3 is 0 Å². The fourth-order valence-corrected chi connectivity index (χ4v) is 2.72. The SMILES string of the molecule is CC(=O)C1(CC(C)(C)C)CCCC1. The number of Topliss-reactive ketones (excluding diaryl/α,β-unsaturated/α-hetero) is 1. The van der Waals surface area contributed by atoms with Crippen LogP contribution < -0.4 is 0 Å². The molecule has 1 rings (SSSR count). The molecule has 1 aliphatic carbocycles. The molecule has 0 heterocycles. The molecule has 0 aliphatic heterocycles. The Morgan fingerprint density at radius 3 is 2.00 bits per heavy atom. The van der Waals surface area contributed by atoms with E-state index in [1.54, 1.807) is 6.92 Å². The minimum Gasteiger partial charge on any atom is -0.299 e. The highest BCUT2D eigenvalue weighted by molar-refractivity contribution is 5.82. The highest BCUT2D eigenvalue weighted by Gasteiger charge is 2.40. The van der Waals surface area contributed by atoms with Crippen molar-refractivity contribution in [1.82, 2.24) is 0 Å². The highest BCUT2D eigenvalue weighted by atomic mass is 16.1. The smallest absolute Gasteiger partial charge is 0.135 e. The van der Waals surface area contributed by atoms with Crippen molar-refractivity contribution in [1.29, 1.82) is 0 Å². The molecule has 0 saturated heterocycles. The molecule has 0 aromatic heterocycles. The Hall–Kier alpha value is -0.330. The lowest BCUT2D eigenvalue weighted by atomic mass is 9.70.